The van der Waals surface area contributed by atoms with Crippen LogP contribution >= 0.6 is 0 Å². The largest absolute Gasteiger partial charge is 0.453 e. The van der Waals surface area contributed by atoms with Crippen molar-refractivity contribution in [2.45, 2.75) is 122 Å². The van der Waals surface area contributed by atoms with Crippen molar-refractivity contribution >= 4 is 24.0 Å². The number of nitrogens with one attached hydrogen (secondary N) is 4. The average Bonchev–Trinajstić information content (AvgIpc) is 4.01. The fourth-order valence-corrected chi connectivity index (χ4v) is 12.2. The number of aromatic amines is 2. The highest BCUT2D eigenvalue weighted by Crippen LogP contribution is 2.59. The third-order valence-electron chi connectivity index (χ3n) is 17.2. The van der Waals surface area contributed by atoms with Gasteiger partial charge in [0.15, 0.2) is 0 Å². The number of amides is 4. The van der Waals surface area contributed by atoms with Gasteiger partial charge >= 0.3 is 12.2 Å². The molecule has 2 spiro atoms. The van der Waals surface area contributed by atoms with Gasteiger partial charge in [-0.3, -0.25) is 9.59 Å². The van der Waals surface area contributed by atoms with Crippen LogP contribution in [-0.2, 0) is 38.3 Å². The number of aromatic nitrogens is 4. The number of carbonyl (C=O) groups is 4. The van der Waals surface area contributed by atoms with Crippen molar-refractivity contribution < 1.29 is 28.7 Å². The summed E-state index contributed by atoms with van der Waals surface area (Å²) in [4.78, 5) is 73.3. The van der Waals surface area contributed by atoms with E-state index in [9.17, 15) is 19.2 Å². The number of ether oxygens (including phenoxy) is 2. The van der Waals surface area contributed by atoms with Gasteiger partial charge in [-0.1, -0.05) is 120 Å². The van der Waals surface area contributed by atoms with E-state index in [2.05, 4.69) is 112 Å². The van der Waals surface area contributed by atoms with Crippen LogP contribution in [0.25, 0.3) is 44.8 Å². The van der Waals surface area contributed by atoms with E-state index < -0.39 is 24.3 Å². The maximum absolute atomic E-state index is 14.0. The molecule has 2 saturated heterocycles. The molecule has 6 aliphatic carbocycles. The first-order valence-corrected chi connectivity index (χ1v) is 27.0. The second-order valence-electron chi connectivity index (χ2n) is 23.1. The third-order valence-corrected chi connectivity index (χ3v) is 17.2. The Bertz CT molecular complexity index is 3130. The molecule has 6 aromatic rings. The summed E-state index contributed by atoms with van der Waals surface area (Å²) in [5, 5.41) is 5.56. The lowest BCUT2D eigenvalue weighted by atomic mass is 9.84. The van der Waals surface area contributed by atoms with Gasteiger partial charge in [0.1, 0.15) is 23.7 Å². The maximum Gasteiger partial charge on any atom is 0.407 e. The Hall–Kier alpha value is -7.22. The summed E-state index contributed by atoms with van der Waals surface area (Å²) < 4.78 is 9.72. The monoisotopic (exact) mass is 1010 g/mol. The van der Waals surface area contributed by atoms with Crippen LogP contribution in [0.1, 0.15) is 125 Å². The van der Waals surface area contributed by atoms with Gasteiger partial charge in [-0.25, -0.2) is 19.6 Å². The molecule has 14 heteroatoms. The Morgan fingerprint density at radius 1 is 0.600 bits per heavy atom. The summed E-state index contributed by atoms with van der Waals surface area (Å²) in [6, 6.07) is 29.8. The Labute approximate surface area is 439 Å². The summed E-state index contributed by atoms with van der Waals surface area (Å²) in [5.74, 6) is 1.41. The fraction of sp³-hybridized carbons (Fsp3) is 0.443. The molecule has 2 aromatic heterocycles. The van der Waals surface area contributed by atoms with Gasteiger partial charge in [0, 0.05) is 13.1 Å². The van der Waals surface area contributed by atoms with E-state index in [0.29, 0.717) is 13.1 Å². The standard InChI is InChI=1S/C61H70N8O6/c1-35(2)52(66-58(72)74-6)56(70)68-33-60(22-23-60)29-50(68)54-62-31-48(64-54)42-17-12-40(13-18-42)46-27-38-8-10-39-16-21-44(37(5)26-45(46)11-9-38)28-47(39)41-14-19-43(20-15-41)49-32-63-55(65-49)51-30-61(24-25-61)34-69(51)57(71)53(36(3)4)67-59(73)75-7/h9,11-21,27-28,31-32,35-37,50-53H,8,10,22-26,29-30,33-34H2,1-7H3,(H,62,64)(H,63,65)(H,66,72)(H,67,73)/t37-,50+,51+,52+,53+/m1/s1. The predicted octanol–water partition coefficient (Wildman–Crippen LogP) is 11.1. The van der Waals surface area contributed by atoms with E-state index in [0.717, 1.165) is 92.0 Å². The lowest BCUT2D eigenvalue weighted by Gasteiger charge is -2.30. The number of likely N-dealkylation sites (tertiary alicyclic amines) is 2. The van der Waals surface area contributed by atoms with E-state index in [4.69, 9.17) is 19.4 Å². The molecule has 4 amide bonds. The van der Waals surface area contributed by atoms with Crippen LogP contribution in [0.15, 0.2) is 97.3 Å². The minimum Gasteiger partial charge on any atom is -0.453 e. The Morgan fingerprint density at radius 3 is 1.51 bits per heavy atom. The zero-order valence-electron chi connectivity index (χ0n) is 44.3. The van der Waals surface area contributed by atoms with E-state index >= 15 is 0 Å². The first-order valence-electron chi connectivity index (χ1n) is 27.0. The molecule has 4 N–H and O–H groups in total. The van der Waals surface area contributed by atoms with Crippen LogP contribution in [0.2, 0.25) is 0 Å². The van der Waals surface area contributed by atoms with Crippen LogP contribution < -0.4 is 10.6 Å². The maximum atomic E-state index is 14.0. The number of aryl methyl sites for hydroxylation is 2. The van der Waals surface area contributed by atoms with Gasteiger partial charge in [-0.05, 0) is 142 Å². The van der Waals surface area contributed by atoms with Crippen molar-refractivity contribution in [3.8, 4) is 44.8 Å². The molecule has 75 heavy (non-hydrogen) atoms. The number of methoxy groups -OCH3 is 2. The number of alkyl carbamates (subject to hydrolysis) is 2. The van der Waals surface area contributed by atoms with Crippen molar-refractivity contribution in [2.75, 3.05) is 27.3 Å². The fourth-order valence-electron chi connectivity index (χ4n) is 12.2. The highest BCUT2D eigenvalue weighted by atomic mass is 16.5. The van der Waals surface area contributed by atoms with E-state index in [1.807, 2.05) is 49.9 Å². The van der Waals surface area contributed by atoms with Crippen LogP contribution in [0.5, 0.6) is 0 Å². The summed E-state index contributed by atoms with van der Waals surface area (Å²) in [5.41, 5.74) is 14.2. The number of imidazole rings is 2. The first-order chi connectivity index (χ1) is 36.1. The minimum absolute atomic E-state index is 0.0980. The number of carbonyl (C=O) groups excluding carboxylic acids is 4. The molecule has 5 atom stereocenters. The molecular weight excluding hydrogens is 941 g/mol. The number of benzene rings is 4. The molecule has 390 valence electrons. The van der Waals surface area contributed by atoms with Gasteiger partial charge in [0.25, 0.3) is 0 Å². The number of rotatable bonds is 12. The number of nitrogens with zero attached hydrogens (tertiary/aromatic N) is 4. The third kappa shape index (κ3) is 9.96. The molecule has 4 fully saturated rings. The first kappa shape index (κ1) is 50.0. The molecule has 4 aromatic carbocycles. The topological polar surface area (TPSA) is 175 Å². The van der Waals surface area contributed by atoms with E-state index in [1.54, 1.807) is 0 Å². The number of hydrogen-bond acceptors (Lipinski definition) is 8. The highest BCUT2D eigenvalue weighted by Gasteiger charge is 2.56. The molecule has 0 unspecified atom stereocenters. The molecule has 0 radical (unpaired) electrons. The van der Waals surface area contributed by atoms with Gasteiger partial charge in [-0.2, -0.15) is 0 Å². The Balaban J connectivity index is 0.786. The summed E-state index contributed by atoms with van der Waals surface area (Å²) in [6.45, 7) is 11.4. The summed E-state index contributed by atoms with van der Waals surface area (Å²) in [6.07, 6.45) is 11.3. The predicted molar refractivity (Wildman–Crippen MR) is 288 cm³/mol. The van der Waals surface area contributed by atoms with Gasteiger partial charge < -0.3 is 39.9 Å². The van der Waals surface area contributed by atoms with Crippen molar-refractivity contribution in [3.63, 3.8) is 0 Å². The summed E-state index contributed by atoms with van der Waals surface area (Å²) >= 11 is 0. The van der Waals surface area contributed by atoms with Crippen LogP contribution in [0.3, 0.4) is 0 Å². The van der Waals surface area contributed by atoms with Crippen molar-refractivity contribution in [3.05, 3.63) is 131 Å². The molecule has 2 saturated carbocycles. The van der Waals surface area contributed by atoms with Crippen LogP contribution in [0, 0.1) is 22.7 Å². The smallest absolute Gasteiger partial charge is 0.407 e. The summed E-state index contributed by atoms with van der Waals surface area (Å²) in [7, 11) is 2.63. The van der Waals surface area contributed by atoms with Crippen molar-refractivity contribution in [2.24, 2.45) is 22.7 Å². The van der Waals surface area contributed by atoms with Gasteiger partial charge in [0.05, 0.1) is 50.1 Å². The molecule has 2 aliphatic heterocycles. The molecule has 4 bridgehead atoms. The zero-order chi connectivity index (χ0) is 52.3. The highest BCUT2D eigenvalue weighted by molar-refractivity contribution is 5.87. The normalized spacial score (nSPS) is 20.8. The van der Waals surface area contributed by atoms with Crippen LogP contribution in [-0.4, -0.2) is 93.1 Å². The quantitative estimate of drug-likeness (QED) is 0.0937. The molecular formula is C61H70N8O6. The second-order valence-corrected chi connectivity index (χ2v) is 23.1. The Kier molecular flexibility index (Phi) is 13.2. The molecule has 14 nitrogen and oxygen atoms in total. The SMILES string of the molecule is COC(=O)N[C@H](C(=O)N1CC2(CC2)C[C@H]1c1ncc(-c2ccc(-c3cc4ccc3CCc3ccc(c(-c5ccc(-c6cnc([C@@H]7CC8(CC8)CN7C(=O)[C@@H](NC(=O)OC)C(C)C)[nH]6)cc5)c3)C[C@H]4C)cc2)[nH]1)C(C)C. The number of hydrogen-bond donors (Lipinski definition) is 4. The van der Waals surface area contributed by atoms with E-state index in [-0.39, 0.29) is 52.5 Å². The van der Waals surface area contributed by atoms with E-state index in [1.165, 1.54) is 58.7 Å². The molecule has 4 heterocycles. The lowest BCUT2D eigenvalue weighted by Crippen LogP contribution is -2.51. The lowest BCUT2D eigenvalue weighted by molar-refractivity contribution is -0.136. The average molecular weight is 1010 g/mol. The number of H-pyrrole nitrogens is 2. The van der Waals surface area contributed by atoms with Gasteiger partial charge in [0.2, 0.25) is 11.8 Å². The van der Waals surface area contributed by atoms with Gasteiger partial charge in [-0.15, -0.1) is 0 Å². The van der Waals surface area contributed by atoms with Crippen molar-refractivity contribution in [1.29, 1.82) is 0 Å². The molecule has 8 aliphatic rings. The minimum atomic E-state index is -0.686. The Morgan fingerprint density at radius 2 is 1.05 bits per heavy atom. The second kappa shape index (κ2) is 19.8. The van der Waals surface area contributed by atoms with Crippen molar-refractivity contribution in [1.82, 2.24) is 40.4 Å². The van der Waals surface area contributed by atoms with Crippen LogP contribution in [0.4, 0.5) is 9.59 Å². The zero-order valence-corrected chi connectivity index (χ0v) is 44.3. The molecule has 14 rings (SSSR count).